The van der Waals surface area contributed by atoms with Gasteiger partial charge in [-0.15, -0.1) is 0 Å². The standard InChI is InChI=1S/C27H26FN3O2.2C2H6/c28-21-5-7-22(8-6-21)31-25-13-20(15-29)24(30)14-23(25)26(18-3-1-17(16-32)2-4-18)27(31)19-9-11-33-12-10-19;2*1-2/h1-8,13-15,19,29,32H,9-12,16,30H2;2*1-2H3. The number of fused-ring (bicyclic) bond motifs is 1. The zero-order valence-corrected chi connectivity index (χ0v) is 22.2. The second-order valence-corrected chi connectivity index (χ2v) is 8.46. The Morgan fingerprint density at radius 2 is 1.62 bits per heavy atom. The molecule has 1 aliphatic heterocycles. The van der Waals surface area contributed by atoms with Crippen molar-refractivity contribution in [2.45, 2.75) is 53.1 Å². The van der Waals surface area contributed by atoms with Crippen LogP contribution in [0.4, 0.5) is 10.1 Å². The number of hydrogen-bond acceptors (Lipinski definition) is 4. The van der Waals surface area contributed by atoms with Crippen LogP contribution in [0.15, 0.2) is 60.7 Å². The average molecular weight is 504 g/mol. The Kier molecular flexibility index (Phi) is 10.0. The number of aromatic nitrogens is 1. The van der Waals surface area contributed by atoms with Crippen molar-refractivity contribution >= 4 is 22.8 Å². The number of aliphatic hydroxyl groups excluding tert-OH is 1. The third-order valence-corrected chi connectivity index (χ3v) is 6.48. The molecule has 5 nitrogen and oxygen atoms in total. The Morgan fingerprint density at radius 1 is 1.00 bits per heavy atom. The molecule has 4 N–H and O–H groups in total. The van der Waals surface area contributed by atoms with Crippen molar-refractivity contribution in [3.63, 3.8) is 0 Å². The van der Waals surface area contributed by atoms with Gasteiger partial charge in [0, 0.05) is 58.9 Å². The van der Waals surface area contributed by atoms with Crippen molar-refractivity contribution in [3.05, 3.63) is 83.3 Å². The summed E-state index contributed by atoms with van der Waals surface area (Å²) < 4.78 is 21.6. The van der Waals surface area contributed by atoms with Gasteiger partial charge in [-0.2, -0.15) is 0 Å². The van der Waals surface area contributed by atoms with E-state index in [1.54, 1.807) is 12.1 Å². The molecule has 0 aliphatic carbocycles. The third-order valence-electron chi connectivity index (χ3n) is 6.48. The molecule has 0 atom stereocenters. The lowest BCUT2D eigenvalue weighted by molar-refractivity contribution is 0.0843. The molecule has 1 aliphatic rings. The molecule has 0 saturated carbocycles. The van der Waals surface area contributed by atoms with Gasteiger partial charge < -0.3 is 25.6 Å². The van der Waals surface area contributed by atoms with Gasteiger partial charge in [0.25, 0.3) is 0 Å². The van der Waals surface area contributed by atoms with Crippen molar-refractivity contribution in [2.75, 3.05) is 18.9 Å². The predicted molar refractivity (Wildman–Crippen MR) is 152 cm³/mol. The molecule has 0 amide bonds. The van der Waals surface area contributed by atoms with Gasteiger partial charge in [-0.05, 0) is 60.4 Å². The fourth-order valence-electron chi connectivity index (χ4n) is 4.82. The van der Waals surface area contributed by atoms with E-state index in [0.29, 0.717) is 24.5 Å². The number of ether oxygens (including phenoxy) is 1. The van der Waals surface area contributed by atoms with Crippen molar-refractivity contribution < 1.29 is 14.2 Å². The van der Waals surface area contributed by atoms with Crippen LogP contribution < -0.4 is 5.73 Å². The minimum Gasteiger partial charge on any atom is -0.398 e. The molecular weight excluding hydrogens is 465 g/mol. The Labute approximate surface area is 219 Å². The van der Waals surface area contributed by atoms with E-state index in [4.69, 9.17) is 15.9 Å². The lowest BCUT2D eigenvalue weighted by Gasteiger charge is -2.26. The van der Waals surface area contributed by atoms with Crippen molar-refractivity contribution in [2.24, 2.45) is 0 Å². The number of aliphatic hydroxyl groups is 1. The largest absolute Gasteiger partial charge is 0.398 e. The van der Waals surface area contributed by atoms with Crippen LogP contribution in [-0.4, -0.2) is 29.1 Å². The Hall–Kier alpha value is -3.48. The number of nitrogen functional groups attached to an aromatic ring is 1. The SMILES string of the molecule is CC.CC.N=Cc1cc2c(cc1N)c(-c1ccc(CO)cc1)c(C1CCOCC1)n2-c1ccc(F)cc1. The van der Waals surface area contributed by atoms with Crippen LogP contribution in [0.2, 0.25) is 0 Å². The molecule has 37 heavy (non-hydrogen) atoms. The highest BCUT2D eigenvalue weighted by Gasteiger charge is 2.28. The van der Waals surface area contributed by atoms with E-state index in [1.807, 2.05) is 64.1 Å². The molecule has 0 bridgehead atoms. The molecule has 0 spiro atoms. The summed E-state index contributed by atoms with van der Waals surface area (Å²) in [6.07, 6.45) is 3.03. The molecule has 196 valence electrons. The van der Waals surface area contributed by atoms with Crippen molar-refractivity contribution in [1.82, 2.24) is 4.57 Å². The molecule has 5 rings (SSSR count). The van der Waals surface area contributed by atoms with E-state index < -0.39 is 0 Å². The monoisotopic (exact) mass is 503 g/mol. The van der Waals surface area contributed by atoms with Crippen LogP contribution >= 0.6 is 0 Å². The number of benzene rings is 3. The second-order valence-electron chi connectivity index (χ2n) is 8.46. The van der Waals surface area contributed by atoms with Gasteiger partial charge in [-0.3, -0.25) is 0 Å². The molecule has 3 aromatic carbocycles. The molecule has 2 heterocycles. The Balaban J connectivity index is 0.000000907. The highest BCUT2D eigenvalue weighted by molar-refractivity contribution is 6.04. The van der Waals surface area contributed by atoms with Gasteiger partial charge in [0.05, 0.1) is 12.1 Å². The van der Waals surface area contributed by atoms with Gasteiger partial charge in [0.1, 0.15) is 5.82 Å². The quantitative estimate of drug-likeness (QED) is 0.195. The normalized spacial score (nSPS) is 13.4. The highest BCUT2D eigenvalue weighted by atomic mass is 19.1. The number of halogens is 1. The lowest BCUT2D eigenvalue weighted by atomic mass is 9.89. The summed E-state index contributed by atoms with van der Waals surface area (Å²) in [4.78, 5) is 0. The second kappa shape index (κ2) is 13.2. The fraction of sp³-hybridized carbons (Fsp3) is 0.323. The van der Waals surface area contributed by atoms with Gasteiger partial charge in [-0.1, -0.05) is 52.0 Å². The summed E-state index contributed by atoms with van der Waals surface area (Å²) in [5.41, 5.74) is 13.4. The number of anilines is 1. The van der Waals surface area contributed by atoms with Gasteiger partial charge >= 0.3 is 0 Å². The van der Waals surface area contributed by atoms with Crippen LogP contribution in [0.25, 0.3) is 27.7 Å². The zero-order chi connectivity index (χ0) is 26.9. The summed E-state index contributed by atoms with van der Waals surface area (Å²) >= 11 is 0. The van der Waals surface area contributed by atoms with E-state index in [0.717, 1.165) is 51.8 Å². The van der Waals surface area contributed by atoms with Crippen LogP contribution in [0.1, 0.15) is 63.3 Å². The third kappa shape index (κ3) is 5.76. The summed E-state index contributed by atoms with van der Waals surface area (Å²) in [5.74, 6) is -0.0413. The molecule has 0 unspecified atom stereocenters. The maximum atomic E-state index is 13.8. The minimum atomic E-state index is -0.285. The minimum absolute atomic E-state index is 0.0138. The Morgan fingerprint density at radius 3 is 2.19 bits per heavy atom. The van der Waals surface area contributed by atoms with Gasteiger partial charge in [-0.25, -0.2) is 4.39 Å². The number of rotatable bonds is 5. The zero-order valence-electron chi connectivity index (χ0n) is 22.2. The average Bonchev–Trinajstić information content (AvgIpc) is 3.29. The van der Waals surface area contributed by atoms with Gasteiger partial charge in [0.15, 0.2) is 0 Å². The molecule has 0 radical (unpaired) electrons. The maximum absolute atomic E-state index is 13.8. The number of nitrogens with one attached hydrogen (secondary N) is 1. The van der Waals surface area contributed by atoms with Gasteiger partial charge in [0.2, 0.25) is 0 Å². The molecule has 1 fully saturated rings. The summed E-state index contributed by atoms with van der Waals surface area (Å²) in [7, 11) is 0. The summed E-state index contributed by atoms with van der Waals surface area (Å²) in [5, 5.41) is 18.3. The maximum Gasteiger partial charge on any atom is 0.123 e. The van der Waals surface area contributed by atoms with Crippen LogP contribution in [0, 0.1) is 11.2 Å². The first-order chi connectivity index (χ1) is 18.1. The lowest BCUT2D eigenvalue weighted by Crippen LogP contribution is -2.17. The number of nitrogens with two attached hydrogens (primary N) is 1. The van der Waals surface area contributed by atoms with Crippen molar-refractivity contribution in [1.29, 1.82) is 5.41 Å². The van der Waals surface area contributed by atoms with Crippen LogP contribution in [-0.2, 0) is 11.3 Å². The van der Waals surface area contributed by atoms with E-state index >= 15 is 0 Å². The first kappa shape index (κ1) is 28.1. The fourth-order valence-corrected chi connectivity index (χ4v) is 4.82. The summed E-state index contributed by atoms with van der Waals surface area (Å²) in [6, 6.07) is 18.3. The highest BCUT2D eigenvalue weighted by Crippen LogP contribution is 2.44. The van der Waals surface area contributed by atoms with Crippen molar-refractivity contribution in [3.8, 4) is 16.8 Å². The topological polar surface area (TPSA) is 84.3 Å². The first-order valence-electron chi connectivity index (χ1n) is 13.1. The van der Waals surface area contributed by atoms with E-state index in [-0.39, 0.29) is 18.3 Å². The first-order valence-corrected chi connectivity index (χ1v) is 13.1. The Bertz CT molecular complexity index is 1310. The van der Waals surface area contributed by atoms with Crippen LogP contribution in [0.5, 0.6) is 0 Å². The molecule has 1 aromatic heterocycles. The smallest absolute Gasteiger partial charge is 0.123 e. The van der Waals surface area contributed by atoms with E-state index in [1.165, 1.54) is 18.3 Å². The molecule has 4 aromatic rings. The number of nitrogens with zero attached hydrogens (tertiary/aromatic N) is 1. The molecule has 6 heteroatoms. The predicted octanol–water partition coefficient (Wildman–Crippen LogP) is 7.46. The number of hydrogen-bond donors (Lipinski definition) is 3. The van der Waals surface area contributed by atoms with Crippen LogP contribution in [0.3, 0.4) is 0 Å². The van der Waals surface area contributed by atoms with E-state index in [2.05, 4.69) is 4.57 Å². The molecule has 1 saturated heterocycles. The summed E-state index contributed by atoms with van der Waals surface area (Å²) in [6.45, 7) is 9.36. The van der Waals surface area contributed by atoms with E-state index in [9.17, 15) is 9.50 Å². The molecular formula is C31H38FN3O2.